The van der Waals surface area contributed by atoms with E-state index in [0.717, 1.165) is 27.6 Å². The highest BCUT2D eigenvalue weighted by molar-refractivity contribution is 8.00. The Morgan fingerprint density at radius 1 is 1.13 bits per heavy atom. The number of nitrogens with one attached hydrogen (secondary N) is 2. The van der Waals surface area contributed by atoms with E-state index in [9.17, 15) is 4.79 Å². The molecular formula is C23H20ClN3O3S. The molecule has 0 aliphatic carbocycles. The SMILES string of the molecule is COc1ccc(-c2nc(SCC(=O)NCc3ccco3)c(-c3ccc(Cl)cc3)[nH]2)cc1. The average Bonchev–Trinajstić information content (AvgIpc) is 3.47. The molecule has 2 N–H and O–H groups in total. The lowest BCUT2D eigenvalue weighted by Gasteiger charge is -2.04. The van der Waals surface area contributed by atoms with Crippen LogP contribution in [0.1, 0.15) is 5.76 Å². The molecule has 0 atom stereocenters. The Balaban J connectivity index is 1.54. The third kappa shape index (κ3) is 5.31. The number of thioether (sulfide) groups is 1. The van der Waals surface area contributed by atoms with Crippen molar-refractivity contribution >= 4 is 29.3 Å². The molecule has 4 rings (SSSR count). The zero-order valence-electron chi connectivity index (χ0n) is 16.7. The molecule has 0 saturated heterocycles. The van der Waals surface area contributed by atoms with Crippen LogP contribution in [0.2, 0.25) is 5.02 Å². The highest BCUT2D eigenvalue weighted by Gasteiger charge is 2.16. The van der Waals surface area contributed by atoms with Crippen molar-refractivity contribution in [2.75, 3.05) is 12.9 Å². The van der Waals surface area contributed by atoms with Gasteiger partial charge in [0.1, 0.15) is 22.4 Å². The number of ether oxygens (including phenoxy) is 1. The summed E-state index contributed by atoms with van der Waals surface area (Å²) in [4.78, 5) is 20.4. The highest BCUT2D eigenvalue weighted by Crippen LogP contribution is 2.33. The number of furan rings is 1. The first kappa shape index (κ1) is 21.1. The molecule has 1 amide bonds. The maximum absolute atomic E-state index is 12.3. The summed E-state index contributed by atoms with van der Waals surface area (Å²) in [6.45, 7) is 0.355. The van der Waals surface area contributed by atoms with Gasteiger partial charge in [0.25, 0.3) is 0 Å². The van der Waals surface area contributed by atoms with E-state index >= 15 is 0 Å². The van der Waals surface area contributed by atoms with Crippen LogP contribution in [0.4, 0.5) is 0 Å². The van der Waals surface area contributed by atoms with Gasteiger partial charge in [-0.2, -0.15) is 0 Å². The summed E-state index contributed by atoms with van der Waals surface area (Å²) < 4.78 is 10.5. The largest absolute Gasteiger partial charge is 0.497 e. The van der Waals surface area contributed by atoms with Gasteiger partial charge in [-0.15, -0.1) is 0 Å². The molecule has 31 heavy (non-hydrogen) atoms. The third-order valence-corrected chi connectivity index (χ3v) is 5.77. The van der Waals surface area contributed by atoms with Gasteiger partial charge in [-0.05, 0) is 48.5 Å². The quantitative estimate of drug-likeness (QED) is 0.349. The molecule has 0 fully saturated rings. The van der Waals surface area contributed by atoms with Crippen LogP contribution < -0.4 is 10.1 Å². The van der Waals surface area contributed by atoms with Crippen molar-refractivity contribution in [1.82, 2.24) is 15.3 Å². The molecule has 2 aromatic carbocycles. The number of rotatable bonds is 8. The lowest BCUT2D eigenvalue weighted by molar-refractivity contribution is -0.118. The Morgan fingerprint density at radius 2 is 1.87 bits per heavy atom. The topological polar surface area (TPSA) is 80.2 Å². The molecule has 158 valence electrons. The van der Waals surface area contributed by atoms with Gasteiger partial charge >= 0.3 is 0 Å². The fourth-order valence-corrected chi connectivity index (χ4v) is 3.91. The number of aromatic nitrogens is 2. The van der Waals surface area contributed by atoms with Crippen LogP contribution in [-0.2, 0) is 11.3 Å². The first-order chi connectivity index (χ1) is 15.1. The Morgan fingerprint density at radius 3 is 2.55 bits per heavy atom. The predicted octanol–water partition coefficient (Wildman–Crippen LogP) is 5.41. The van der Waals surface area contributed by atoms with Crippen molar-refractivity contribution in [1.29, 1.82) is 0 Å². The summed E-state index contributed by atoms with van der Waals surface area (Å²) in [7, 11) is 1.63. The molecular weight excluding hydrogens is 434 g/mol. The zero-order valence-corrected chi connectivity index (χ0v) is 18.3. The Labute approximate surface area is 189 Å². The van der Waals surface area contributed by atoms with Crippen LogP contribution in [0.15, 0.2) is 76.4 Å². The van der Waals surface area contributed by atoms with Crippen molar-refractivity contribution in [2.24, 2.45) is 0 Å². The second-order valence-electron chi connectivity index (χ2n) is 6.65. The monoisotopic (exact) mass is 453 g/mol. The van der Waals surface area contributed by atoms with Crippen LogP contribution in [0.25, 0.3) is 22.6 Å². The third-order valence-electron chi connectivity index (χ3n) is 4.55. The number of benzene rings is 2. The number of hydrogen-bond donors (Lipinski definition) is 2. The number of halogens is 1. The maximum atomic E-state index is 12.3. The summed E-state index contributed by atoms with van der Waals surface area (Å²) in [6, 6.07) is 18.8. The minimum atomic E-state index is -0.0996. The van der Waals surface area contributed by atoms with Crippen molar-refractivity contribution in [3.63, 3.8) is 0 Å². The number of H-pyrrole nitrogens is 1. The summed E-state index contributed by atoms with van der Waals surface area (Å²) in [5, 5.41) is 4.25. The normalized spacial score (nSPS) is 10.8. The fourth-order valence-electron chi connectivity index (χ4n) is 2.94. The van der Waals surface area contributed by atoms with Gasteiger partial charge in [-0.1, -0.05) is 35.5 Å². The second-order valence-corrected chi connectivity index (χ2v) is 8.05. The van der Waals surface area contributed by atoms with Crippen LogP contribution in [-0.4, -0.2) is 28.7 Å². The lowest BCUT2D eigenvalue weighted by atomic mass is 10.2. The molecule has 0 aliphatic heterocycles. The smallest absolute Gasteiger partial charge is 0.230 e. The van der Waals surface area contributed by atoms with Crippen LogP contribution in [0.3, 0.4) is 0 Å². The van der Waals surface area contributed by atoms with E-state index in [1.165, 1.54) is 11.8 Å². The van der Waals surface area contributed by atoms with Gasteiger partial charge < -0.3 is 19.5 Å². The first-order valence-electron chi connectivity index (χ1n) is 9.54. The number of carbonyl (C=O) groups is 1. The van der Waals surface area contributed by atoms with Gasteiger partial charge in [-0.3, -0.25) is 4.79 Å². The van der Waals surface area contributed by atoms with Crippen molar-refractivity contribution < 1.29 is 13.9 Å². The molecule has 2 heterocycles. The maximum Gasteiger partial charge on any atom is 0.230 e. The van der Waals surface area contributed by atoms with Crippen LogP contribution in [0, 0.1) is 0 Å². The number of methoxy groups -OCH3 is 1. The molecule has 0 radical (unpaired) electrons. The van der Waals surface area contributed by atoms with E-state index < -0.39 is 0 Å². The minimum Gasteiger partial charge on any atom is -0.497 e. The van der Waals surface area contributed by atoms with Gasteiger partial charge in [0.05, 0.1) is 31.4 Å². The lowest BCUT2D eigenvalue weighted by Crippen LogP contribution is -2.24. The van der Waals surface area contributed by atoms with Gasteiger partial charge in [0.2, 0.25) is 5.91 Å². The van der Waals surface area contributed by atoms with E-state index in [4.69, 9.17) is 25.7 Å². The van der Waals surface area contributed by atoms with E-state index in [0.29, 0.717) is 23.2 Å². The predicted molar refractivity (Wildman–Crippen MR) is 122 cm³/mol. The van der Waals surface area contributed by atoms with Gasteiger partial charge in [-0.25, -0.2) is 4.98 Å². The van der Waals surface area contributed by atoms with Crippen LogP contribution >= 0.6 is 23.4 Å². The summed E-state index contributed by atoms with van der Waals surface area (Å²) in [5.74, 6) is 2.33. The van der Waals surface area contributed by atoms with Crippen molar-refractivity contribution in [2.45, 2.75) is 11.6 Å². The number of hydrogen-bond acceptors (Lipinski definition) is 5. The van der Waals surface area contributed by atoms with Crippen molar-refractivity contribution in [3.05, 3.63) is 77.7 Å². The van der Waals surface area contributed by atoms with E-state index in [-0.39, 0.29) is 11.7 Å². The fraction of sp³-hybridized carbons (Fsp3) is 0.130. The van der Waals surface area contributed by atoms with E-state index in [1.807, 2.05) is 54.6 Å². The molecule has 4 aromatic rings. The standard InChI is InChI=1S/C23H20ClN3O3S/c1-29-18-10-6-16(7-11-18)22-26-21(15-4-8-17(24)9-5-15)23(27-22)31-14-20(28)25-13-19-3-2-12-30-19/h2-12H,13-14H2,1H3,(H,25,28)(H,26,27). The van der Waals surface area contributed by atoms with E-state index in [1.54, 1.807) is 19.4 Å². The molecule has 8 heteroatoms. The molecule has 0 saturated carbocycles. The zero-order chi connectivity index (χ0) is 21.6. The van der Waals surface area contributed by atoms with E-state index in [2.05, 4.69) is 10.3 Å². The summed E-state index contributed by atoms with van der Waals surface area (Å²) in [5.41, 5.74) is 2.70. The average molecular weight is 454 g/mol. The Hall–Kier alpha value is -3.16. The number of aromatic amines is 1. The number of imidazole rings is 1. The van der Waals surface area contributed by atoms with Crippen molar-refractivity contribution in [3.8, 4) is 28.4 Å². The number of carbonyl (C=O) groups excluding carboxylic acids is 1. The molecule has 0 spiro atoms. The van der Waals surface area contributed by atoms with Gasteiger partial charge in [0.15, 0.2) is 0 Å². The number of nitrogens with zero attached hydrogens (tertiary/aromatic N) is 1. The molecule has 2 aromatic heterocycles. The molecule has 0 unspecified atom stereocenters. The number of amides is 1. The molecule has 0 bridgehead atoms. The highest BCUT2D eigenvalue weighted by atomic mass is 35.5. The minimum absolute atomic E-state index is 0.0996. The second kappa shape index (κ2) is 9.76. The van der Waals surface area contributed by atoms with Gasteiger partial charge in [0, 0.05) is 16.1 Å². The molecule has 0 aliphatic rings. The Kier molecular flexibility index (Phi) is 6.64. The first-order valence-corrected chi connectivity index (χ1v) is 10.9. The summed E-state index contributed by atoms with van der Waals surface area (Å²) in [6.07, 6.45) is 1.58. The molecule has 6 nitrogen and oxygen atoms in total. The van der Waals surface area contributed by atoms with Crippen LogP contribution in [0.5, 0.6) is 5.75 Å². The summed E-state index contributed by atoms with van der Waals surface area (Å²) >= 11 is 7.42. The Bertz CT molecular complexity index is 1140.